The highest BCUT2D eigenvalue weighted by Gasteiger charge is 2.59. The summed E-state index contributed by atoms with van der Waals surface area (Å²) in [6.45, 7) is 4.77. The average molecular weight is 236 g/mol. The van der Waals surface area contributed by atoms with Gasteiger partial charge in [-0.05, 0) is 55.4 Å². The molecule has 0 aliphatic heterocycles. The highest BCUT2D eigenvalue weighted by atomic mass is 16.3. The van der Waals surface area contributed by atoms with E-state index in [1.54, 1.807) is 0 Å². The van der Waals surface area contributed by atoms with Crippen LogP contribution >= 0.6 is 0 Å². The highest BCUT2D eigenvalue weighted by molar-refractivity contribution is 5.24. The second kappa shape index (κ2) is 4.95. The SMILES string of the molecule is C/C(=C\CC[C@@]1(C)[C@@H]2C=C(CO)CC[C@@H]21)CO. The maximum atomic E-state index is 9.17. The van der Waals surface area contributed by atoms with Crippen molar-refractivity contribution in [2.24, 2.45) is 17.3 Å². The van der Waals surface area contributed by atoms with Crippen LogP contribution in [0.25, 0.3) is 0 Å². The first-order chi connectivity index (χ1) is 8.11. The van der Waals surface area contributed by atoms with Crippen LogP contribution in [0.4, 0.5) is 0 Å². The van der Waals surface area contributed by atoms with Crippen LogP contribution in [0.15, 0.2) is 23.3 Å². The molecule has 0 aromatic carbocycles. The molecule has 2 N–H and O–H groups in total. The van der Waals surface area contributed by atoms with E-state index in [0.29, 0.717) is 11.3 Å². The molecule has 0 spiro atoms. The van der Waals surface area contributed by atoms with Crippen molar-refractivity contribution in [2.75, 3.05) is 13.2 Å². The lowest BCUT2D eigenvalue weighted by Crippen LogP contribution is -1.98. The maximum absolute atomic E-state index is 9.17. The Labute approximate surface area is 104 Å². The number of hydrogen-bond donors (Lipinski definition) is 2. The normalized spacial score (nSPS) is 36.5. The number of rotatable bonds is 5. The van der Waals surface area contributed by atoms with Crippen LogP contribution in [-0.2, 0) is 0 Å². The van der Waals surface area contributed by atoms with Gasteiger partial charge in [-0.15, -0.1) is 0 Å². The van der Waals surface area contributed by atoms with Crippen LogP contribution in [0, 0.1) is 17.3 Å². The molecule has 0 amide bonds. The molecule has 0 aromatic heterocycles. The van der Waals surface area contributed by atoms with E-state index in [2.05, 4.69) is 19.1 Å². The first-order valence-electron chi connectivity index (χ1n) is 6.68. The Bertz CT molecular complexity index is 343. The molecular formula is C15H24O2. The van der Waals surface area contributed by atoms with Gasteiger partial charge in [0.2, 0.25) is 0 Å². The van der Waals surface area contributed by atoms with Gasteiger partial charge < -0.3 is 10.2 Å². The van der Waals surface area contributed by atoms with Gasteiger partial charge in [-0.1, -0.05) is 24.6 Å². The second-order valence-corrected chi connectivity index (χ2v) is 5.91. The van der Waals surface area contributed by atoms with Gasteiger partial charge in [-0.3, -0.25) is 0 Å². The van der Waals surface area contributed by atoms with Crippen LogP contribution < -0.4 is 0 Å². The summed E-state index contributed by atoms with van der Waals surface area (Å²) in [4.78, 5) is 0. The van der Waals surface area contributed by atoms with Crippen molar-refractivity contribution in [3.8, 4) is 0 Å². The molecule has 1 saturated carbocycles. The zero-order valence-electron chi connectivity index (χ0n) is 10.9. The molecule has 0 radical (unpaired) electrons. The fourth-order valence-corrected chi connectivity index (χ4v) is 3.37. The van der Waals surface area contributed by atoms with Gasteiger partial charge >= 0.3 is 0 Å². The molecular weight excluding hydrogens is 212 g/mol. The van der Waals surface area contributed by atoms with E-state index in [4.69, 9.17) is 5.11 Å². The quantitative estimate of drug-likeness (QED) is 0.720. The summed E-state index contributed by atoms with van der Waals surface area (Å²) < 4.78 is 0. The van der Waals surface area contributed by atoms with Gasteiger partial charge in [0.25, 0.3) is 0 Å². The van der Waals surface area contributed by atoms with E-state index in [1.807, 2.05) is 6.92 Å². The maximum Gasteiger partial charge on any atom is 0.0641 e. The number of allylic oxidation sites excluding steroid dienone is 2. The van der Waals surface area contributed by atoms with Gasteiger partial charge in [-0.2, -0.15) is 0 Å². The summed E-state index contributed by atoms with van der Waals surface area (Å²) in [7, 11) is 0. The summed E-state index contributed by atoms with van der Waals surface area (Å²) >= 11 is 0. The number of hydrogen-bond acceptors (Lipinski definition) is 2. The van der Waals surface area contributed by atoms with Gasteiger partial charge in [0, 0.05) is 0 Å². The molecule has 3 atom stereocenters. The third-order valence-electron chi connectivity index (χ3n) is 4.75. The smallest absolute Gasteiger partial charge is 0.0641 e. The molecule has 0 bridgehead atoms. The summed E-state index contributed by atoms with van der Waals surface area (Å²) in [6, 6.07) is 0. The topological polar surface area (TPSA) is 40.5 Å². The van der Waals surface area contributed by atoms with Crippen molar-refractivity contribution in [2.45, 2.75) is 39.5 Å². The molecule has 2 aliphatic carbocycles. The standard InChI is InChI=1S/C15H24O2/c1-11(9-16)4-3-7-15(2)13-6-5-12(10-17)8-14(13)15/h4,8,13-14,16-17H,3,5-7,9-10H2,1-2H3/b11-4+/t13-,14+,15+/m0/s1. The van der Waals surface area contributed by atoms with Gasteiger partial charge in [0.15, 0.2) is 0 Å². The van der Waals surface area contributed by atoms with Crippen molar-refractivity contribution in [3.63, 3.8) is 0 Å². The number of aliphatic hydroxyl groups is 2. The summed E-state index contributed by atoms with van der Waals surface area (Å²) in [6.07, 6.45) is 9.07. The van der Waals surface area contributed by atoms with Crippen molar-refractivity contribution in [1.29, 1.82) is 0 Å². The molecule has 0 heterocycles. The zero-order chi connectivity index (χ0) is 12.5. The third-order valence-corrected chi connectivity index (χ3v) is 4.75. The Balaban J connectivity index is 1.89. The van der Waals surface area contributed by atoms with E-state index in [-0.39, 0.29) is 13.2 Å². The van der Waals surface area contributed by atoms with Crippen molar-refractivity contribution in [1.82, 2.24) is 0 Å². The molecule has 0 unspecified atom stereocenters. The van der Waals surface area contributed by atoms with Gasteiger partial charge in [-0.25, -0.2) is 0 Å². The summed E-state index contributed by atoms with van der Waals surface area (Å²) in [5, 5.41) is 18.1. The molecule has 2 aliphatic rings. The van der Waals surface area contributed by atoms with Crippen molar-refractivity contribution < 1.29 is 10.2 Å². The van der Waals surface area contributed by atoms with E-state index < -0.39 is 0 Å². The fraction of sp³-hybridized carbons (Fsp3) is 0.733. The van der Waals surface area contributed by atoms with Crippen LogP contribution in [-0.4, -0.2) is 23.4 Å². The van der Waals surface area contributed by atoms with E-state index in [1.165, 1.54) is 18.4 Å². The lowest BCUT2D eigenvalue weighted by atomic mass is 9.96. The monoisotopic (exact) mass is 236 g/mol. The predicted molar refractivity (Wildman–Crippen MR) is 69.6 cm³/mol. The van der Waals surface area contributed by atoms with Gasteiger partial charge in [0.1, 0.15) is 0 Å². The molecule has 0 aromatic rings. The van der Waals surface area contributed by atoms with E-state index >= 15 is 0 Å². The zero-order valence-corrected chi connectivity index (χ0v) is 10.9. The Morgan fingerprint density at radius 3 is 2.94 bits per heavy atom. The third kappa shape index (κ3) is 2.48. The lowest BCUT2D eigenvalue weighted by molar-refractivity contribution is 0.322. The molecule has 2 rings (SSSR count). The summed E-state index contributed by atoms with van der Waals surface area (Å²) in [5.74, 6) is 1.53. The Morgan fingerprint density at radius 1 is 1.53 bits per heavy atom. The fourth-order valence-electron chi connectivity index (χ4n) is 3.37. The van der Waals surface area contributed by atoms with Crippen LogP contribution in [0.5, 0.6) is 0 Å². The molecule has 2 heteroatoms. The molecule has 17 heavy (non-hydrogen) atoms. The van der Waals surface area contributed by atoms with Crippen molar-refractivity contribution >= 4 is 0 Å². The minimum Gasteiger partial charge on any atom is -0.392 e. The second-order valence-electron chi connectivity index (χ2n) is 5.91. The number of fused-ring (bicyclic) bond motifs is 1. The predicted octanol–water partition coefficient (Wildman–Crippen LogP) is 2.67. The first-order valence-corrected chi connectivity index (χ1v) is 6.68. The van der Waals surface area contributed by atoms with Gasteiger partial charge in [0.05, 0.1) is 13.2 Å². The minimum absolute atomic E-state index is 0.179. The van der Waals surface area contributed by atoms with Crippen LogP contribution in [0.3, 0.4) is 0 Å². The molecule has 2 nitrogen and oxygen atoms in total. The average Bonchev–Trinajstić information content (AvgIpc) is 2.94. The Morgan fingerprint density at radius 2 is 2.29 bits per heavy atom. The van der Waals surface area contributed by atoms with E-state index in [0.717, 1.165) is 24.3 Å². The highest BCUT2D eigenvalue weighted by Crippen LogP contribution is 2.66. The largest absolute Gasteiger partial charge is 0.392 e. The molecule has 0 saturated heterocycles. The van der Waals surface area contributed by atoms with Crippen molar-refractivity contribution in [3.05, 3.63) is 23.3 Å². The van der Waals surface area contributed by atoms with E-state index in [9.17, 15) is 5.11 Å². The lowest BCUT2D eigenvalue weighted by Gasteiger charge is -2.09. The molecule has 1 fully saturated rings. The van der Waals surface area contributed by atoms with Crippen LogP contribution in [0.2, 0.25) is 0 Å². The number of aliphatic hydroxyl groups excluding tert-OH is 2. The Kier molecular flexibility index (Phi) is 3.74. The minimum atomic E-state index is 0.179. The summed E-state index contributed by atoms with van der Waals surface area (Å²) in [5.41, 5.74) is 2.75. The Hall–Kier alpha value is -0.600. The molecule has 96 valence electrons. The van der Waals surface area contributed by atoms with Crippen LogP contribution in [0.1, 0.15) is 39.5 Å². The first kappa shape index (κ1) is 12.8.